The van der Waals surface area contributed by atoms with Gasteiger partial charge in [0.1, 0.15) is 17.9 Å². The van der Waals surface area contributed by atoms with Gasteiger partial charge in [-0.1, -0.05) is 11.6 Å². The van der Waals surface area contributed by atoms with Gasteiger partial charge in [0.2, 0.25) is 5.91 Å². The average molecular weight is 413 g/mol. The van der Waals surface area contributed by atoms with E-state index in [0.29, 0.717) is 37.4 Å². The van der Waals surface area contributed by atoms with E-state index < -0.39 is 5.97 Å². The highest BCUT2D eigenvalue weighted by atomic mass is 35.5. The molecule has 9 heteroatoms. The molecule has 0 saturated carbocycles. The molecule has 0 aliphatic carbocycles. The SMILES string of the molecule is COc1cc(N)c(Cl)cc1C(=O)OCCN1CCC(NC(=O)CCCN)CC1. The second-order valence-electron chi connectivity index (χ2n) is 6.79. The molecule has 1 aliphatic heterocycles. The van der Waals surface area contributed by atoms with Crippen molar-refractivity contribution in [2.24, 2.45) is 5.73 Å². The first-order valence-electron chi connectivity index (χ1n) is 9.46. The molecule has 0 radical (unpaired) electrons. The van der Waals surface area contributed by atoms with Crippen molar-refractivity contribution in [3.8, 4) is 5.75 Å². The zero-order valence-electron chi connectivity index (χ0n) is 16.2. The molecule has 1 fully saturated rings. The molecule has 1 amide bonds. The summed E-state index contributed by atoms with van der Waals surface area (Å²) in [6.45, 7) is 3.11. The van der Waals surface area contributed by atoms with Gasteiger partial charge in [-0.15, -0.1) is 0 Å². The average Bonchev–Trinajstić information content (AvgIpc) is 2.69. The number of ether oxygens (including phenoxy) is 2. The largest absolute Gasteiger partial charge is 0.496 e. The van der Waals surface area contributed by atoms with E-state index in [-0.39, 0.29) is 29.1 Å². The van der Waals surface area contributed by atoms with Crippen molar-refractivity contribution in [2.45, 2.75) is 31.7 Å². The standard InChI is InChI=1S/C19H29ClN4O4/c1-27-17-12-16(22)15(20)11-14(17)19(26)28-10-9-24-7-4-13(5-8-24)23-18(25)3-2-6-21/h11-13H,2-10,21-22H2,1H3,(H,23,25). The Bertz CT molecular complexity index is 678. The third-order valence-electron chi connectivity index (χ3n) is 4.74. The number of hydrogen-bond acceptors (Lipinski definition) is 7. The molecule has 1 heterocycles. The Hall–Kier alpha value is -2.03. The van der Waals surface area contributed by atoms with Crippen LogP contribution in [0.5, 0.6) is 5.75 Å². The number of amides is 1. The van der Waals surface area contributed by atoms with E-state index in [1.165, 1.54) is 19.2 Å². The summed E-state index contributed by atoms with van der Waals surface area (Å²) in [6.07, 6.45) is 2.94. The second-order valence-corrected chi connectivity index (χ2v) is 7.19. The fourth-order valence-electron chi connectivity index (χ4n) is 3.11. The van der Waals surface area contributed by atoms with Crippen LogP contribution in [0, 0.1) is 0 Å². The van der Waals surface area contributed by atoms with Gasteiger partial charge < -0.3 is 26.3 Å². The van der Waals surface area contributed by atoms with Crippen molar-refractivity contribution >= 4 is 29.2 Å². The third kappa shape index (κ3) is 6.54. The Labute approximate surface area is 170 Å². The molecular weight excluding hydrogens is 384 g/mol. The Kier molecular flexibility index (Phi) is 8.82. The molecule has 2 rings (SSSR count). The minimum absolute atomic E-state index is 0.0638. The number of nitrogens with two attached hydrogens (primary N) is 2. The van der Waals surface area contributed by atoms with Crippen LogP contribution in [0.15, 0.2) is 12.1 Å². The zero-order chi connectivity index (χ0) is 20.5. The summed E-state index contributed by atoms with van der Waals surface area (Å²) in [5, 5.41) is 3.33. The highest BCUT2D eigenvalue weighted by molar-refractivity contribution is 6.33. The Morgan fingerprint density at radius 1 is 1.32 bits per heavy atom. The summed E-state index contributed by atoms with van der Waals surface area (Å²) in [7, 11) is 1.46. The number of anilines is 1. The number of piperidine rings is 1. The van der Waals surface area contributed by atoms with Crippen molar-refractivity contribution < 1.29 is 19.1 Å². The van der Waals surface area contributed by atoms with Gasteiger partial charge in [-0.05, 0) is 31.9 Å². The monoisotopic (exact) mass is 412 g/mol. The number of nitrogens with one attached hydrogen (secondary N) is 1. The third-order valence-corrected chi connectivity index (χ3v) is 5.07. The van der Waals surface area contributed by atoms with Crippen LogP contribution in [0.1, 0.15) is 36.0 Å². The van der Waals surface area contributed by atoms with Gasteiger partial charge in [0.15, 0.2) is 0 Å². The van der Waals surface area contributed by atoms with E-state index in [1.54, 1.807) is 0 Å². The van der Waals surface area contributed by atoms with Gasteiger partial charge in [-0.25, -0.2) is 4.79 Å². The summed E-state index contributed by atoms with van der Waals surface area (Å²) in [5.74, 6) is -0.104. The number of carbonyl (C=O) groups is 2. The lowest BCUT2D eigenvalue weighted by molar-refractivity contribution is -0.122. The van der Waals surface area contributed by atoms with Gasteiger partial charge in [0.05, 0.1) is 17.8 Å². The van der Waals surface area contributed by atoms with E-state index in [9.17, 15) is 9.59 Å². The molecule has 5 N–H and O–H groups in total. The van der Waals surface area contributed by atoms with Crippen molar-refractivity contribution in [1.29, 1.82) is 0 Å². The number of halogens is 1. The molecule has 1 aromatic carbocycles. The molecule has 0 bridgehead atoms. The first-order chi connectivity index (χ1) is 13.4. The lowest BCUT2D eigenvalue weighted by Crippen LogP contribution is -2.45. The molecule has 1 saturated heterocycles. The predicted molar refractivity (Wildman–Crippen MR) is 109 cm³/mol. The van der Waals surface area contributed by atoms with Crippen LogP contribution in [0.25, 0.3) is 0 Å². The maximum Gasteiger partial charge on any atom is 0.342 e. The number of esters is 1. The van der Waals surface area contributed by atoms with Gasteiger partial charge in [0.25, 0.3) is 0 Å². The first kappa shape index (κ1) is 22.3. The number of benzene rings is 1. The number of nitrogen functional groups attached to an aromatic ring is 1. The van der Waals surface area contributed by atoms with Crippen LogP contribution < -0.4 is 21.5 Å². The summed E-state index contributed by atoms with van der Waals surface area (Å²) < 4.78 is 10.5. The quantitative estimate of drug-likeness (QED) is 0.414. The van der Waals surface area contributed by atoms with E-state index in [1.807, 2.05) is 0 Å². The van der Waals surface area contributed by atoms with Gasteiger partial charge in [-0.3, -0.25) is 9.69 Å². The minimum Gasteiger partial charge on any atom is -0.496 e. The zero-order valence-corrected chi connectivity index (χ0v) is 17.0. The molecule has 8 nitrogen and oxygen atoms in total. The summed E-state index contributed by atoms with van der Waals surface area (Å²) >= 11 is 5.99. The molecule has 28 heavy (non-hydrogen) atoms. The van der Waals surface area contributed by atoms with Crippen molar-refractivity contribution in [3.63, 3.8) is 0 Å². The molecule has 1 aliphatic rings. The topological polar surface area (TPSA) is 120 Å². The molecule has 0 unspecified atom stereocenters. The second kappa shape index (κ2) is 11.1. The fraction of sp³-hybridized carbons (Fsp3) is 0.579. The smallest absolute Gasteiger partial charge is 0.342 e. The van der Waals surface area contributed by atoms with E-state index >= 15 is 0 Å². The van der Waals surface area contributed by atoms with Crippen molar-refractivity contribution in [1.82, 2.24) is 10.2 Å². The van der Waals surface area contributed by atoms with Crippen LogP contribution in [-0.4, -0.2) is 62.7 Å². The maximum absolute atomic E-state index is 12.3. The number of nitrogens with zero attached hydrogens (tertiary/aromatic N) is 1. The molecule has 0 spiro atoms. The minimum atomic E-state index is -0.499. The Morgan fingerprint density at radius 3 is 2.68 bits per heavy atom. The first-order valence-corrected chi connectivity index (χ1v) is 9.84. The lowest BCUT2D eigenvalue weighted by atomic mass is 10.0. The van der Waals surface area contributed by atoms with Gasteiger partial charge in [0, 0.05) is 38.2 Å². The predicted octanol–water partition coefficient (Wildman–Crippen LogP) is 1.41. The number of rotatable bonds is 9. The normalized spacial score (nSPS) is 15.2. The van der Waals surface area contributed by atoms with E-state index in [2.05, 4.69) is 10.2 Å². The van der Waals surface area contributed by atoms with E-state index in [4.69, 9.17) is 32.5 Å². The van der Waals surface area contributed by atoms with E-state index in [0.717, 1.165) is 25.9 Å². The highest BCUT2D eigenvalue weighted by Gasteiger charge is 2.21. The van der Waals surface area contributed by atoms with Gasteiger partial charge in [-0.2, -0.15) is 0 Å². The number of likely N-dealkylation sites (tertiary alicyclic amines) is 1. The molecular formula is C19H29ClN4O4. The molecule has 0 atom stereocenters. The Balaban J connectivity index is 1.73. The molecule has 1 aromatic rings. The van der Waals surface area contributed by atoms with Crippen LogP contribution in [0.3, 0.4) is 0 Å². The number of hydrogen-bond donors (Lipinski definition) is 3. The molecule has 156 valence electrons. The Morgan fingerprint density at radius 2 is 2.04 bits per heavy atom. The van der Waals surface area contributed by atoms with Crippen LogP contribution in [-0.2, 0) is 9.53 Å². The molecule has 0 aromatic heterocycles. The summed E-state index contributed by atoms with van der Waals surface area (Å²) in [4.78, 5) is 26.3. The lowest BCUT2D eigenvalue weighted by Gasteiger charge is -2.32. The number of methoxy groups -OCH3 is 1. The van der Waals surface area contributed by atoms with Crippen molar-refractivity contribution in [3.05, 3.63) is 22.7 Å². The van der Waals surface area contributed by atoms with Crippen LogP contribution in [0.2, 0.25) is 5.02 Å². The highest BCUT2D eigenvalue weighted by Crippen LogP contribution is 2.29. The fourth-order valence-corrected chi connectivity index (χ4v) is 3.27. The maximum atomic E-state index is 12.3. The van der Waals surface area contributed by atoms with Crippen molar-refractivity contribution in [2.75, 3.05) is 45.6 Å². The number of carbonyl (C=O) groups excluding carboxylic acids is 2. The van der Waals surface area contributed by atoms with Gasteiger partial charge >= 0.3 is 5.97 Å². The summed E-state index contributed by atoms with van der Waals surface area (Å²) in [5.41, 5.74) is 11.7. The van der Waals surface area contributed by atoms with Crippen LogP contribution in [0.4, 0.5) is 5.69 Å². The van der Waals surface area contributed by atoms with Crippen LogP contribution >= 0.6 is 11.6 Å². The summed E-state index contributed by atoms with van der Waals surface area (Å²) in [6, 6.07) is 3.16.